The molecule has 0 unspecified atom stereocenters. The number of benzene rings is 3. The Morgan fingerprint density at radius 1 is 0.774 bits per heavy atom. The third kappa shape index (κ3) is 4.98. The summed E-state index contributed by atoms with van der Waals surface area (Å²) in [5.41, 5.74) is 1.44. The number of hydrogen-bond donors (Lipinski definition) is 3. The molecule has 3 aromatic carbocycles. The Labute approximate surface area is 180 Å². The third-order valence-corrected chi connectivity index (χ3v) is 5.01. The summed E-state index contributed by atoms with van der Waals surface area (Å²) in [5, 5.41) is 14.8. The van der Waals surface area contributed by atoms with Gasteiger partial charge in [0.25, 0.3) is 0 Å². The summed E-state index contributed by atoms with van der Waals surface area (Å²) in [5.74, 6) is -2.28. The van der Waals surface area contributed by atoms with E-state index in [1.807, 2.05) is 91.0 Å². The first kappa shape index (κ1) is 21.8. The lowest BCUT2D eigenvalue weighted by Crippen LogP contribution is -2.50. The molecule has 0 spiro atoms. The van der Waals surface area contributed by atoms with Crippen molar-refractivity contribution in [1.29, 1.82) is 0 Å². The van der Waals surface area contributed by atoms with E-state index < -0.39 is 35.8 Å². The fourth-order valence-electron chi connectivity index (χ4n) is 3.67. The van der Waals surface area contributed by atoms with E-state index in [1.54, 1.807) is 0 Å². The molecule has 6 heteroatoms. The van der Waals surface area contributed by atoms with Crippen LogP contribution in [0, 0.1) is 0 Å². The zero-order chi connectivity index (χ0) is 22.3. The summed E-state index contributed by atoms with van der Waals surface area (Å²) in [4.78, 5) is 36.1. The van der Waals surface area contributed by atoms with Gasteiger partial charge in [-0.05, 0) is 16.7 Å². The topological polar surface area (TPSA) is 95.5 Å². The van der Waals surface area contributed by atoms with E-state index in [-0.39, 0.29) is 0 Å². The molecular weight excluding hydrogens is 392 g/mol. The largest absolute Gasteiger partial charge is 0.480 e. The fourth-order valence-corrected chi connectivity index (χ4v) is 3.67. The standard InChI is InChI=1S/C25H24N2O4/c1-18(28)26-22(24(30)31)17-23(29)27-25(19-11-5-2-6-12-19,20-13-7-3-8-14-20)21-15-9-4-10-16-21/h2-16,22H,17H2,1H3,(H,26,28)(H,27,29)(H,30,31)/t22-/m0/s1. The maximum Gasteiger partial charge on any atom is 0.326 e. The number of carbonyl (C=O) groups is 3. The predicted molar refractivity (Wildman–Crippen MR) is 117 cm³/mol. The van der Waals surface area contributed by atoms with Crippen molar-refractivity contribution in [2.75, 3.05) is 0 Å². The molecule has 0 fully saturated rings. The molecule has 3 aromatic rings. The van der Waals surface area contributed by atoms with Crippen LogP contribution in [0.5, 0.6) is 0 Å². The van der Waals surface area contributed by atoms with Crippen LogP contribution in [0.2, 0.25) is 0 Å². The maximum atomic E-state index is 13.1. The molecule has 3 rings (SSSR count). The second-order valence-corrected chi connectivity index (χ2v) is 7.19. The lowest BCUT2D eigenvalue weighted by atomic mass is 9.77. The van der Waals surface area contributed by atoms with Crippen molar-refractivity contribution in [2.24, 2.45) is 0 Å². The van der Waals surface area contributed by atoms with Crippen LogP contribution >= 0.6 is 0 Å². The van der Waals surface area contributed by atoms with Gasteiger partial charge in [-0.1, -0.05) is 91.0 Å². The molecule has 0 aliphatic rings. The summed E-state index contributed by atoms with van der Waals surface area (Å²) in [6.07, 6.45) is -0.400. The zero-order valence-electron chi connectivity index (χ0n) is 17.1. The minimum atomic E-state index is -1.32. The average Bonchev–Trinajstić information content (AvgIpc) is 2.78. The van der Waals surface area contributed by atoms with Gasteiger partial charge >= 0.3 is 5.97 Å². The summed E-state index contributed by atoms with van der Waals surface area (Å²) in [6, 6.07) is 27.2. The van der Waals surface area contributed by atoms with Crippen LogP contribution in [0.25, 0.3) is 0 Å². The summed E-state index contributed by atoms with van der Waals surface area (Å²) in [6.45, 7) is 1.22. The van der Waals surface area contributed by atoms with Crippen molar-refractivity contribution in [3.05, 3.63) is 108 Å². The number of nitrogens with one attached hydrogen (secondary N) is 2. The zero-order valence-corrected chi connectivity index (χ0v) is 17.1. The molecule has 0 radical (unpaired) electrons. The van der Waals surface area contributed by atoms with Crippen LogP contribution in [0.3, 0.4) is 0 Å². The third-order valence-electron chi connectivity index (χ3n) is 5.01. The summed E-state index contributed by atoms with van der Waals surface area (Å²) >= 11 is 0. The monoisotopic (exact) mass is 416 g/mol. The number of carboxylic acids is 1. The van der Waals surface area contributed by atoms with Crippen LogP contribution in [-0.2, 0) is 19.9 Å². The molecule has 0 aliphatic heterocycles. The average molecular weight is 416 g/mol. The van der Waals surface area contributed by atoms with Crippen molar-refractivity contribution in [2.45, 2.75) is 24.9 Å². The van der Waals surface area contributed by atoms with Crippen LogP contribution in [0.1, 0.15) is 30.0 Å². The Hall–Kier alpha value is -3.93. The second-order valence-electron chi connectivity index (χ2n) is 7.19. The van der Waals surface area contributed by atoms with Gasteiger partial charge in [0.15, 0.2) is 0 Å². The van der Waals surface area contributed by atoms with Crippen molar-refractivity contribution in [1.82, 2.24) is 10.6 Å². The smallest absolute Gasteiger partial charge is 0.326 e. The van der Waals surface area contributed by atoms with Gasteiger partial charge in [0.05, 0.1) is 6.42 Å². The number of hydrogen-bond acceptors (Lipinski definition) is 3. The van der Waals surface area contributed by atoms with E-state index in [2.05, 4.69) is 10.6 Å². The molecular formula is C25H24N2O4. The first-order valence-electron chi connectivity index (χ1n) is 9.91. The Morgan fingerprint density at radius 3 is 1.48 bits per heavy atom. The molecule has 158 valence electrons. The van der Waals surface area contributed by atoms with Crippen LogP contribution in [0.15, 0.2) is 91.0 Å². The molecule has 0 bridgehead atoms. The molecule has 0 heterocycles. The minimum absolute atomic E-state index is 0.400. The normalized spacial score (nSPS) is 11.9. The van der Waals surface area contributed by atoms with Gasteiger partial charge in [0.2, 0.25) is 11.8 Å². The highest BCUT2D eigenvalue weighted by atomic mass is 16.4. The molecule has 1 atom stereocenters. The summed E-state index contributed by atoms with van der Waals surface area (Å²) in [7, 11) is 0. The molecule has 6 nitrogen and oxygen atoms in total. The predicted octanol–water partition coefficient (Wildman–Crippen LogP) is 3.07. The molecule has 0 saturated heterocycles. The summed E-state index contributed by atoms with van der Waals surface area (Å²) < 4.78 is 0. The highest BCUT2D eigenvalue weighted by molar-refractivity contribution is 5.88. The maximum absolute atomic E-state index is 13.1. The molecule has 0 aliphatic carbocycles. The van der Waals surface area contributed by atoms with E-state index >= 15 is 0 Å². The van der Waals surface area contributed by atoms with Gasteiger partial charge < -0.3 is 15.7 Å². The molecule has 31 heavy (non-hydrogen) atoms. The van der Waals surface area contributed by atoms with Gasteiger partial charge in [-0.25, -0.2) is 4.79 Å². The first-order valence-corrected chi connectivity index (χ1v) is 9.91. The van der Waals surface area contributed by atoms with Crippen molar-refractivity contribution in [3.63, 3.8) is 0 Å². The number of rotatable bonds is 8. The van der Waals surface area contributed by atoms with E-state index in [4.69, 9.17) is 0 Å². The SMILES string of the molecule is CC(=O)N[C@@H](CC(=O)NC(c1ccccc1)(c1ccccc1)c1ccccc1)C(=O)O. The van der Waals surface area contributed by atoms with Gasteiger partial charge in [0, 0.05) is 6.92 Å². The van der Waals surface area contributed by atoms with E-state index in [0.29, 0.717) is 0 Å². The highest BCUT2D eigenvalue weighted by Gasteiger charge is 2.38. The van der Waals surface area contributed by atoms with Gasteiger partial charge in [-0.2, -0.15) is 0 Å². The molecule has 3 N–H and O–H groups in total. The second kappa shape index (κ2) is 9.71. The van der Waals surface area contributed by atoms with Crippen LogP contribution in [0.4, 0.5) is 0 Å². The fraction of sp³-hybridized carbons (Fsp3) is 0.160. The van der Waals surface area contributed by atoms with E-state index in [9.17, 15) is 19.5 Å². The molecule has 0 saturated carbocycles. The molecule has 2 amide bonds. The number of carbonyl (C=O) groups excluding carboxylic acids is 2. The van der Waals surface area contributed by atoms with Gasteiger partial charge in [-0.15, -0.1) is 0 Å². The molecule has 0 aromatic heterocycles. The lowest BCUT2D eigenvalue weighted by Gasteiger charge is -2.37. The van der Waals surface area contributed by atoms with Gasteiger partial charge in [0.1, 0.15) is 11.6 Å². The van der Waals surface area contributed by atoms with Crippen molar-refractivity contribution >= 4 is 17.8 Å². The van der Waals surface area contributed by atoms with Crippen LogP contribution < -0.4 is 10.6 Å². The first-order chi connectivity index (χ1) is 14.9. The Morgan fingerprint density at radius 2 is 1.16 bits per heavy atom. The van der Waals surface area contributed by atoms with Crippen LogP contribution in [-0.4, -0.2) is 28.9 Å². The Kier molecular flexibility index (Phi) is 6.82. The number of carboxylic acid groups (broad SMARTS) is 1. The number of amides is 2. The quantitative estimate of drug-likeness (QED) is 0.492. The van der Waals surface area contributed by atoms with Crippen molar-refractivity contribution < 1.29 is 19.5 Å². The van der Waals surface area contributed by atoms with Crippen molar-refractivity contribution in [3.8, 4) is 0 Å². The van der Waals surface area contributed by atoms with E-state index in [1.165, 1.54) is 6.92 Å². The van der Waals surface area contributed by atoms with Gasteiger partial charge in [-0.3, -0.25) is 9.59 Å². The highest BCUT2D eigenvalue weighted by Crippen LogP contribution is 2.36. The minimum Gasteiger partial charge on any atom is -0.480 e. The van der Waals surface area contributed by atoms with E-state index in [0.717, 1.165) is 16.7 Å². The number of aliphatic carboxylic acids is 1. The lowest BCUT2D eigenvalue weighted by molar-refractivity contribution is -0.143. The Balaban J connectivity index is 2.11. The Bertz CT molecular complexity index is 940.